The number of nitriles is 1. The van der Waals surface area contributed by atoms with Crippen molar-refractivity contribution in [1.82, 2.24) is 10.0 Å². The Kier molecular flexibility index (Phi) is 6.13. The van der Waals surface area contributed by atoms with Gasteiger partial charge in [0.15, 0.2) is 0 Å². The minimum atomic E-state index is -3.45. The lowest BCUT2D eigenvalue weighted by Gasteiger charge is -2.37. The van der Waals surface area contributed by atoms with Crippen molar-refractivity contribution in [2.24, 2.45) is 5.41 Å². The van der Waals surface area contributed by atoms with Crippen molar-refractivity contribution >= 4 is 10.0 Å². The van der Waals surface area contributed by atoms with E-state index in [1.807, 2.05) is 6.07 Å². The Balaban J connectivity index is 2.01. The van der Waals surface area contributed by atoms with Crippen molar-refractivity contribution in [1.29, 1.82) is 5.26 Å². The molecule has 0 aromatic heterocycles. The SMILES string of the molecule is COCC1(CNS(=O)(=O)Cc2cccc(C#N)c2)CCNCC1. The Labute approximate surface area is 137 Å². The topological polar surface area (TPSA) is 91.2 Å². The summed E-state index contributed by atoms with van der Waals surface area (Å²) in [5, 5.41) is 12.2. The Bertz CT molecular complexity index is 656. The number of hydrogen-bond acceptors (Lipinski definition) is 5. The van der Waals surface area contributed by atoms with Crippen LogP contribution in [0.25, 0.3) is 0 Å². The normalized spacial score (nSPS) is 17.6. The third-order valence-electron chi connectivity index (χ3n) is 4.19. The first-order valence-electron chi connectivity index (χ1n) is 7.65. The highest BCUT2D eigenvalue weighted by Gasteiger charge is 2.33. The van der Waals surface area contributed by atoms with Gasteiger partial charge in [-0.2, -0.15) is 5.26 Å². The lowest BCUT2D eigenvalue weighted by atomic mass is 9.80. The molecule has 0 saturated carbocycles. The second-order valence-corrected chi connectivity index (χ2v) is 7.88. The zero-order valence-corrected chi connectivity index (χ0v) is 14.2. The molecule has 0 atom stereocenters. The van der Waals surface area contributed by atoms with Crippen molar-refractivity contribution in [3.63, 3.8) is 0 Å². The average Bonchev–Trinajstić information content (AvgIpc) is 2.54. The van der Waals surface area contributed by atoms with E-state index in [1.54, 1.807) is 31.4 Å². The maximum Gasteiger partial charge on any atom is 0.215 e. The van der Waals surface area contributed by atoms with Crippen LogP contribution in [-0.4, -0.2) is 41.8 Å². The molecule has 1 aliphatic heterocycles. The summed E-state index contributed by atoms with van der Waals surface area (Å²) in [6, 6.07) is 8.70. The predicted octanol–water partition coefficient (Wildman–Crippen LogP) is 0.994. The highest BCUT2D eigenvalue weighted by molar-refractivity contribution is 7.88. The van der Waals surface area contributed by atoms with Crippen LogP contribution in [0.15, 0.2) is 24.3 Å². The summed E-state index contributed by atoms with van der Waals surface area (Å²) in [5.74, 6) is -0.121. The van der Waals surface area contributed by atoms with Gasteiger partial charge in [-0.25, -0.2) is 13.1 Å². The molecular formula is C16H23N3O3S. The number of ether oxygens (including phenoxy) is 1. The van der Waals surface area contributed by atoms with Gasteiger partial charge in [-0.05, 0) is 43.6 Å². The van der Waals surface area contributed by atoms with Crippen molar-refractivity contribution in [3.8, 4) is 6.07 Å². The van der Waals surface area contributed by atoms with Gasteiger partial charge in [0.1, 0.15) is 0 Å². The van der Waals surface area contributed by atoms with Gasteiger partial charge in [0.25, 0.3) is 0 Å². The summed E-state index contributed by atoms with van der Waals surface area (Å²) in [5.41, 5.74) is 0.927. The average molecular weight is 337 g/mol. The van der Waals surface area contributed by atoms with Crippen LogP contribution in [-0.2, 0) is 20.5 Å². The maximum atomic E-state index is 12.3. The maximum absolute atomic E-state index is 12.3. The molecule has 1 aromatic carbocycles. The van der Waals surface area contributed by atoms with Crippen molar-refractivity contribution in [3.05, 3.63) is 35.4 Å². The molecule has 6 nitrogen and oxygen atoms in total. The molecule has 23 heavy (non-hydrogen) atoms. The molecule has 1 saturated heterocycles. The third kappa shape index (κ3) is 5.29. The van der Waals surface area contributed by atoms with E-state index in [9.17, 15) is 8.42 Å². The summed E-state index contributed by atoms with van der Waals surface area (Å²) in [6.07, 6.45) is 1.76. The van der Waals surface area contributed by atoms with E-state index in [-0.39, 0.29) is 11.2 Å². The van der Waals surface area contributed by atoms with Gasteiger partial charge in [0, 0.05) is 19.1 Å². The van der Waals surface area contributed by atoms with E-state index < -0.39 is 10.0 Å². The number of nitrogens with one attached hydrogen (secondary N) is 2. The summed E-state index contributed by atoms with van der Waals surface area (Å²) in [4.78, 5) is 0. The van der Waals surface area contributed by atoms with Gasteiger partial charge >= 0.3 is 0 Å². The number of benzene rings is 1. The smallest absolute Gasteiger partial charge is 0.215 e. The summed E-state index contributed by atoms with van der Waals surface area (Å²) in [6.45, 7) is 2.66. The van der Waals surface area contributed by atoms with E-state index in [0.717, 1.165) is 25.9 Å². The standard InChI is InChI=1S/C16H23N3O3S/c1-22-13-16(5-7-18-8-6-16)12-19-23(20,21)11-15-4-2-3-14(9-15)10-17/h2-4,9,18-19H,5-8,11-13H2,1H3. The molecule has 1 aromatic rings. The fourth-order valence-corrected chi connectivity index (χ4v) is 4.15. The molecular weight excluding hydrogens is 314 g/mol. The molecule has 1 fully saturated rings. The highest BCUT2D eigenvalue weighted by Crippen LogP contribution is 2.28. The molecule has 7 heteroatoms. The fourth-order valence-electron chi connectivity index (χ4n) is 2.90. The molecule has 0 amide bonds. The van der Waals surface area contributed by atoms with E-state index >= 15 is 0 Å². The van der Waals surface area contributed by atoms with Crippen molar-refractivity contribution in [2.45, 2.75) is 18.6 Å². The molecule has 0 aliphatic carbocycles. The Morgan fingerprint density at radius 2 is 2.13 bits per heavy atom. The van der Waals surface area contributed by atoms with Gasteiger partial charge in [-0.1, -0.05) is 12.1 Å². The number of methoxy groups -OCH3 is 1. The number of piperidine rings is 1. The van der Waals surface area contributed by atoms with Gasteiger partial charge in [0.2, 0.25) is 10.0 Å². The van der Waals surface area contributed by atoms with Gasteiger partial charge in [-0.15, -0.1) is 0 Å². The molecule has 126 valence electrons. The predicted molar refractivity (Wildman–Crippen MR) is 88.2 cm³/mol. The van der Waals surface area contributed by atoms with E-state index in [1.165, 1.54) is 0 Å². The lowest BCUT2D eigenvalue weighted by molar-refractivity contribution is 0.0577. The van der Waals surface area contributed by atoms with Crippen LogP contribution >= 0.6 is 0 Å². The number of nitrogens with zero attached hydrogens (tertiary/aromatic N) is 1. The Morgan fingerprint density at radius 3 is 2.78 bits per heavy atom. The fraction of sp³-hybridized carbons (Fsp3) is 0.562. The number of rotatable bonds is 7. The van der Waals surface area contributed by atoms with Crippen molar-refractivity contribution in [2.75, 3.05) is 33.4 Å². The van der Waals surface area contributed by atoms with E-state index in [0.29, 0.717) is 24.3 Å². The summed E-state index contributed by atoms with van der Waals surface area (Å²) >= 11 is 0. The van der Waals surface area contributed by atoms with Gasteiger partial charge in [-0.3, -0.25) is 0 Å². The summed E-state index contributed by atoms with van der Waals surface area (Å²) < 4.78 is 32.7. The van der Waals surface area contributed by atoms with Crippen LogP contribution in [0.1, 0.15) is 24.0 Å². The first kappa shape index (κ1) is 17.9. The van der Waals surface area contributed by atoms with E-state index in [4.69, 9.17) is 10.00 Å². The lowest BCUT2D eigenvalue weighted by Crippen LogP contribution is -2.47. The molecule has 1 aliphatic rings. The van der Waals surface area contributed by atoms with Crippen LogP contribution in [0.2, 0.25) is 0 Å². The van der Waals surface area contributed by atoms with Crippen molar-refractivity contribution < 1.29 is 13.2 Å². The first-order chi connectivity index (χ1) is 11.0. The number of sulfonamides is 1. The largest absolute Gasteiger partial charge is 0.384 e. The molecule has 0 spiro atoms. The minimum absolute atomic E-state index is 0.121. The molecule has 2 N–H and O–H groups in total. The molecule has 2 rings (SSSR count). The zero-order chi connectivity index (χ0) is 16.8. The van der Waals surface area contributed by atoms with Crippen LogP contribution in [0.5, 0.6) is 0 Å². The molecule has 0 bridgehead atoms. The van der Waals surface area contributed by atoms with E-state index in [2.05, 4.69) is 10.0 Å². The highest BCUT2D eigenvalue weighted by atomic mass is 32.2. The molecule has 0 unspecified atom stereocenters. The quantitative estimate of drug-likeness (QED) is 0.774. The monoisotopic (exact) mass is 337 g/mol. The van der Waals surface area contributed by atoms with Gasteiger partial charge in [0.05, 0.1) is 24.0 Å². The third-order valence-corrected chi connectivity index (χ3v) is 5.49. The number of hydrogen-bond donors (Lipinski definition) is 2. The van der Waals surface area contributed by atoms with Gasteiger partial charge < -0.3 is 10.1 Å². The Morgan fingerprint density at radius 1 is 1.39 bits per heavy atom. The zero-order valence-electron chi connectivity index (χ0n) is 13.3. The second kappa shape index (κ2) is 7.88. The first-order valence-corrected chi connectivity index (χ1v) is 9.30. The Hall–Kier alpha value is -1.46. The summed E-state index contributed by atoms with van der Waals surface area (Å²) in [7, 11) is -1.81. The molecule has 0 radical (unpaired) electrons. The van der Waals surface area contributed by atoms with Crippen LogP contribution in [0.3, 0.4) is 0 Å². The van der Waals surface area contributed by atoms with Crippen LogP contribution in [0, 0.1) is 16.7 Å². The van der Waals surface area contributed by atoms with Crippen LogP contribution in [0.4, 0.5) is 0 Å². The molecule has 1 heterocycles. The second-order valence-electron chi connectivity index (χ2n) is 6.08. The van der Waals surface area contributed by atoms with Crippen LogP contribution < -0.4 is 10.0 Å². The minimum Gasteiger partial charge on any atom is -0.384 e.